The second-order valence-corrected chi connectivity index (χ2v) is 14.9. The van der Waals surface area contributed by atoms with E-state index < -0.39 is 22.0 Å². The minimum atomic E-state index is -3.67. The summed E-state index contributed by atoms with van der Waals surface area (Å²) in [6, 6.07) is 6.99. The minimum absolute atomic E-state index is 0.0589. The monoisotopic (exact) mass is 716 g/mol. The van der Waals surface area contributed by atoms with E-state index >= 15 is 0 Å². The van der Waals surface area contributed by atoms with Crippen molar-refractivity contribution in [2.75, 3.05) is 38.7 Å². The highest BCUT2D eigenvalue weighted by molar-refractivity contribution is 7.92. The van der Waals surface area contributed by atoms with E-state index in [0.717, 1.165) is 19.3 Å². The van der Waals surface area contributed by atoms with Crippen LogP contribution in [0.5, 0.6) is 0 Å². The Morgan fingerprint density at radius 3 is 2.06 bits per heavy atom. The number of esters is 3. The topological polar surface area (TPSA) is 145 Å². The van der Waals surface area contributed by atoms with Crippen LogP contribution in [0, 0.1) is 11.8 Å². The van der Waals surface area contributed by atoms with Gasteiger partial charge in [-0.1, -0.05) is 50.7 Å². The summed E-state index contributed by atoms with van der Waals surface area (Å²) in [5.74, 6) is -1.41. The van der Waals surface area contributed by atoms with Crippen LogP contribution in [0.2, 0.25) is 0 Å². The van der Waals surface area contributed by atoms with E-state index in [1.807, 2.05) is 0 Å². The number of anilines is 1. The van der Waals surface area contributed by atoms with Crippen molar-refractivity contribution in [3.8, 4) is 0 Å². The van der Waals surface area contributed by atoms with Gasteiger partial charge in [0.05, 0.1) is 20.3 Å². The molecule has 0 saturated heterocycles. The quantitative estimate of drug-likeness (QED) is 0.0402. The zero-order valence-corrected chi connectivity index (χ0v) is 30.9. The lowest BCUT2D eigenvalue weighted by molar-refractivity contribution is -0.147. The standard InChI is InChI=1S/C38H56N2O9S/c1-4-48-37(43)35(38(44)49-5-2)31-19-21-32(22-20-31)36(42)39-33-23-17-30(18-24-33)25-28-50(45,46)40(26-11-7-10-16-34(41)47-3)27-12-15-29-13-8-6-9-14-29/h17-18,23-25,28-29,32H,4-16,19-22,26-27H2,1-3H3,(H,39,42)/b28-25+. The number of carbonyl (C=O) groups is 4. The number of rotatable bonds is 19. The summed E-state index contributed by atoms with van der Waals surface area (Å²) in [7, 11) is -2.31. The van der Waals surface area contributed by atoms with Crippen molar-refractivity contribution in [2.45, 2.75) is 110 Å². The van der Waals surface area contributed by atoms with Crippen molar-refractivity contribution in [1.82, 2.24) is 4.31 Å². The molecule has 0 atom stereocenters. The molecule has 2 aliphatic carbocycles. The lowest BCUT2D eigenvalue weighted by atomic mass is 9.83. The lowest BCUT2D eigenvalue weighted by Crippen LogP contribution is -2.31. The molecule has 1 aromatic rings. The Morgan fingerprint density at radius 2 is 1.46 bits per heavy atom. The Balaban J connectivity index is 1.57. The van der Waals surface area contributed by atoms with Crippen molar-refractivity contribution in [1.29, 1.82) is 0 Å². The molecule has 0 aromatic heterocycles. The number of methoxy groups -OCH3 is 1. The summed E-state index contributed by atoms with van der Waals surface area (Å²) < 4.78 is 43.3. The number of hydrogen-bond acceptors (Lipinski definition) is 9. The van der Waals surface area contributed by atoms with Gasteiger partial charge in [-0.3, -0.25) is 9.59 Å². The summed E-state index contributed by atoms with van der Waals surface area (Å²) in [6.07, 6.45) is 13.9. The van der Waals surface area contributed by atoms with Crippen molar-refractivity contribution in [2.24, 2.45) is 11.8 Å². The van der Waals surface area contributed by atoms with Crippen LogP contribution >= 0.6 is 0 Å². The second kappa shape index (κ2) is 21.6. The second-order valence-electron chi connectivity index (χ2n) is 13.1. The van der Waals surface area contributed by atoms with Gasteiger partial charge in [0.25, 0.3) is 0 Å². The maximum absolute atomic E-state index is 13.5. The molecule has 278 valence electrons. The highest BCUT2D eigenvalue weighted by Gasteiger charge is 2.31. The van der Waals surface area contributed by atoms with Crippen LogP contribution in [0.4, 0.5) is 5.69 Å². The zero-order valence-electron chi connectivity index (χ0n) is 30.1. The maximum Gasteiger partial charge on any atom is 0.345 e. The van der Waals surface area contributed by atoms with Gasteiger partial charge in [0.2, 0.25) is 15.9 Å². The molecule has 0 radical (unpaired) electrons. The molecule has 2 fully saturated rings. The van der Waals surface area contributed by atoms with Crippen molar-refractivity contribution in [3.63, 3.8) is 0 Å². The van der Waals surface area contributed by atoms with Gasteiger partial charge in [-0.15, -0.1) is 0 Å². The van der Waals surface area contributed by atoms with E-state index in [9.17, 15) is 27.6 Å². The first-order valence-corrected chi connectivity index (χ1v) is 19.8. The minimum Gasteiger partial charge on any atom is -0.469 e. The van der Waals surface area contributed by atoms with E-state index in [4.69, 9.17) is 14.2 Å². The lowest BCUT2D eigenvalue weighted by Gasteiger charge is -2.24. The summed E-state index contributed by atoms with van der Waals surface area (Å²) >= 11 is 0. The van der Waals surface area contributed by atoms with Crippen LogP contribution in [0.3, 0.4) is 0 Å². The summed E-state index contributed by atoms with van der Waals surface area (Å²) in [5, 5.41) is 4.19. The summed E-state index contributed by atoms with van der Waals surface area (Å²) in [5.41, 5.74) is 1.87. The Kier molecular flexibility index (Phi) is 17.7. The molecule has 0 heterocycles. The van der Waals surface area contributed by atoms with Gasteiger partial charge in [0.1, 0.15) is 5.57 Å². The van der Waals surface area contributed by atoms with Crippen LogP contribution < -0.4 is 5.32 Å². The molecule has 1 aromatic carbocycles. The molecule has 0 spiro atoms. The third-order valence-electron chi connectivity index (χ3n) is 9.50. The number of benzene rings is 1. The fourth-order valence-corrected chi connectivity index (χ4v) is 7.93. The largest absolute Gasteiger partial charge is 0.469 e. The molecule has 3 rings (SSSR count). The summed E-state index contributed by atoms with van der Waals surface area (Å²) in [4.78, 5) is 49.4. The first-order chi connectivity index (χ1) is 24.1. The Hall–Kier alpha value is -3.51. The number of allylic oxidation sites excluding steroid dienone is 1. The van der Waals surface area contributed by atoms with E-state index in [2.05, 4.69) is 5.32 Å². The highest BCUT2D eigenvalue weighted by Crippen LogP contribution is 2.32. The van der Waals surface area contributed by atoms with Gasteiger partial charge in [-0.05, 0) is 100 Å². The van der Waals surface area contributed by atoms with Crippen molar-refractivity contribution < 1.29 is 41.8 Å². The molecule has 11 nitrogen and oxygen atoms in total. The van der Waals surface area contributed by atoms with Gasteiger partial charge in [-0.25, -0.2) is 18.0 Å². The number of nitrogens with one attached hydrogen (secondary N) is 1. The molecule has 0 unspecified atom stereocenters. The average molecular weight is 717 g/mol. The van der Waals surface area contributed by atoms with Gasteiger partial charge in [0.15, 0.2) is 0 Å². The van der Waals surface area contributed by atoms with Crippen LogP contribution in [-0.4, -0.2) is 70.0 Å². The van der Waals surface area contributed by atoms with Gasteiger partial charge in [0, 0.05) is 36.5 Å². The number of ether oxygens (including phenoxy) is 3. The smallest absolute Gasteiger partial charge is 0.345 e. The fourth-order valence-electron chi connectivity index (χ4n) is 6.66. The van der Waals surface area contributed by atoms with Gasteiger partial charge >= 0.3 is 17.9 Å². The van der Waals surface area contributed by atoms with Crippen molar-refractivity contribution in [3.05, 3.63) is 46.4 Å². The van der Waals surface area contributed by atoms with Gasteiger partial charge < -0.3 is 19.5 Å². The number of nitrogens with zero attached hydrogens (tertiary/aromatic N) is 1. The van der Waals surface area contributed by atoms with E-state index in [0.29, 0.717) is 80.8 Å². The third kappa shape index (κ3) is 13.7. The predicted molar refractivity (Wildman–Crippen MR) is 193 cm³/mol. The Labute approximate surface area is 298 Å². The number of sulfonamides is 1. The highest BCUT2D eigenvalue weighted by atomic mass is 32.2. The molecular formula is C38H56N2O9S. The van der Waals surface area contributed by atoms with Crippen LogP contribution in [-0.2, 0) is 43.4 Å². The molecular weight excluding hydrogens is 660 g/mol. The SMILES string of the molecule is CCOC(=O)C(C(=O)OCC)=C1CCC(C(=O)Nc2ccc(/C=C/S(=O)(=O)N(CCCCCC(=O)OC)CCCC3CCCCC3)cc2)CC1. The van der Waals surface area contributed by atoms with Crippen LogP contribution in [0.25, 0.3) is 6.08 Å². The molecule has 0 bridgehead atoms. The number of carbonyl (C=O) groups excluding carboxylic acids is 4. The molecule has 12 heteroatoms. The molecule has 2 saturated carbocycles. The number of amides is 1. The van der Waals surface area contributed by atoms with Crippen molar-refractivity contribution >= 4 is 45.6 Å². The van der Waals surface area contributed by atoms with E-state index in [1.165, 1.54) is 44.6 Å². The molecule has 1 amide bonds. The predicted octanol–water partition coefficient (Wildman–Crippen LogP) is 6.93. The van der Waals surface area contributed by atoms with E-state index in [1.54, 1.807) is 48.5 Å². The molecule has 50 heavy (non-hydrogen) atoms. The molecule has 1 N–H and O–H groups in total. The third-order valence-corrected chi connectivity index (χ3v) is 11.1. The fraction of sp³-hybridized carbons (Fsp3) is 0.632. The molecule has 2 aliphatic rings. The van der Waals surface area contributed by atoms with Crippen LogP contribution in [0.15, 0.2) is 40.8 Å². The Morgan fingerprint density at radius 1 is 0.840 bits per heavy atom. The zero-order chi connectivity index (χ0) is 36.4. The number of hydrogen-bond donors (Lipinski definition) is 1. The molecule has 0 aliphatic heterocycles. The normalized spacial score (nSPS) is 17.0. The number of unbranched alkanes of at least 4 members (excludes halogenated alkanes) is 2. The average Bonchev–Trinajstić information content (AvgIpc) is 3.11. The van der Waals surface area contributed by atoms with Gasteiger partial charge in [-0.2, -0.15) is 4.31 Å². The van der Waals surface area contributed by atoms with Crippen LogP contribution in [0.1, 0.15) is 116 Å². The maximum atomic E-state index is 13.5. The summed E-state index contributed by atoms with van der Waals surface area (Å²) in [6.45, 7) is 4.50. The Bertz CT molecular complexity index is 1400. The first-order valence-electron chi connectivity index (χ1n) is 18.3. The first kappa shape index (κ1) is 40.9. The van der Waals surface area contributed by atoms with E-state index in [-0.39, 0.29) is 36.6 Å².